The van der Waals surface area contributed by atoms with Gasteiger partial charge in [0.25, 0.3) is 0 Å². The molecule has 168 valence electrons. The van der Waals surface area contributed by atoms with E-state index in [4.69, 9.17) is 4.98 Å². The van der Waals surface area contributed by atoms with Crippen LogP contribution in [-0.2, 0) is 19.5 Å². The molecule has 7 nitrogen and oxygen atoms in total. The number of benzene rings is 1. The smallest absolute Gasteiger partial charge is 0.229 e. The number of imidazole rings is 1. The summed E-state index contributed by atoms with van der Waals surface area (Å²) in [5, 5.41) is 3.41. The van der Waals surface area contributed by atoms with Crippen molar-refractivity contribution in [3.05, 3.63) is 59.3 Å². The van der Waals surface area contributed by atoms with Gasteiger partial charge in [-0.2, -0.15) is 4.98 Å². The molecular weight excluding hydrogens is 398 g/mol. The maximum Gasteiger partial charge on any atom is 0.229 e. The second-order valence-electron chi connectivity index (χ2n) is 9.29. The van der Waals surface area contributed by atoms with Gasteiger partial charge in [-0.25, -0.2) is 9.97 Å². The fourth-order valence-electron chi connectivity index (χ4n) is 4.69. The average molecular weight is 432 g/mol. The van der Waals surface area contributed by atoms with Crippen molar-refractivity contribution in [2.24, 2.45) is 0 Å². The van der Waals surface area contributed by atoms with Crippen LogP contribution in [0, 0.1) is 0 Å². The van der Waals surface area contributed by atoms with Crippen molar-refractivity contribution in [2.45, 2.75) is 58.5 Å². The van der Waals surface area contributed by atoms with Gasteiger partial charge in [0.2, 0.25) is 5.95 Å². The maximum absolute atomic E-state index is 4.95. The molecule has 1 aromatic carbocycles. The van der Waals surface area contributed by atoms with Gasteiger partial charge in [0.15, 0.2) is 0 Å². The fraction of sp³-hybridized carbons (Fsp3) is 0.480. The summed E-state index contributed by atoms with van der Waals surface area (Å²) in [6.07, 6.45) is 8.72. The van der Waals surface area contributed by atoms with E-state index < -0.39 is 0 Å². The lowest BCUT2D eigenvalue weighted by atomic mass is 10.0. The highest BCUT2D eigenvalue weighted by Crippen LogP contribution is 2.30. The van der Waals surface area contributed by atoms with Crippen molar-refractivity contribution in [3.63, 3.8) is 0 Å². The molecule has 0 saturated carbocycles. The summed E-state index contributed by atoms with van der Waals surface area (Å²) in [5.41, 5.74) is 5.91. The lowest BCUT2D eigenvalue weighted by Crippen LogP contribution is -2.32. The van der Waals surface area contributed by atoms with Crippen LogP contribution in [0.25, 0.3) is 0 Å². The van der Waals surface area contributed by atoms with Crippen LogP contribution in [0.2, 0.25) is 0 Å². The number of hydrogen-bond donors (Lipinski definition) is 2. The van der Waals surface area contributed by atoms with Crippen molar-refractivity contribution in [1.29, 1.82) is 0 Å². The zero-order chi connectivity index (χ0) is 21.9. The molecule has 2 aliphatic rings. The van der Waals surface area contributed by atoms with Crippen LogP contribution >= 0.6 is 0 Å². The summed E-state index contributed by atoms with van der Waals surface area (Å²) in [4.78, 5) is 22.2. The number of nitrogens with one attached hydrogen (secondary N) is 2. The number of aromatic amines is 1. The van der Waals surface area contributed by atoms with E-state index in [1.165, 1.54) is 54.9 Å². The zero-order valence-electron chi connectivity index (χ0n) is 19.1. The molecule has 32 heavy (non-hydrogen) atoms. The first kappa shape index (κ1) is 20.9. The van der Waals surface area contributed by atoms with E-state index in [0.717, 1.165) is 37.6 Å². The fourth-order valence-corrected chi connectivity index (χ4v) is 4.69. The Kier molecular flexibility index (Phi) is 6.08. The number of aromatic nitrogens is 4. The molecule has 0 unspecified atom stereocenters. The van der Waals surface area contributed by atoms with Crippen LogP contribution in [-0.4, -0.2) is 44.5 Å². The summed E-state index contributed by atoms with van der Waals surface area (Å²) in [5.74, 6) is 2.01. The summed E-state index contributed by atoms with van der Waals surface area (Å²) in [7, 11) is 0. The van der Waals surface area contributed by atoms with Gasteiger partial charge in [0.1, 0.15) is 5.82 Å². The Morgan fingerprint density at radius 2 is 1.84 bits per heavy atom. The minimum Gasteiger partial charge on any atom is -0.350 e. The van der Waals surface area contributed by atoms with E-state index in [9.17, 15) is 0 Å². The molecule has 5 rings (SSSR count). The van der Waals surface area contributed by atoms with Gasteiger partial charge in [-0.15, -0.1) is 0 Å². The van der Waals surface area contributed by atoms with Crippen LogP contribution in [0.1, 0.15) is 61.5 Å². The van der Waals surface area contributed by atoms with Crippen molar-refractivity contribution < 1.29 is 0 Å². The molecule has 3 aromatic rings. The molecule has 0 radical (unpaired) electrons. The Morgan fingerprint density at radius 1 is 1.03 bits per heavy atom. The molecule has 0 aliphatic carbocycles. The van der Waals surface area contributed by atoms with Gasteiger partial charge in [0.05, 0.1) is 24.3 Å². The van der Waals surface area contributed by atoms with Crippen LogP contribution in [0.3, 0.4) is 0 Å². The molecule has 0 amide bonds. The zero-order valence-corrected chi connectivity index (χ0v) is 19.1. The molecular formula is C25H33N7. The number of likely N-dealkylation sites (tertiary alicyclic amines) is 1. The highest BCUT2D eigenvalue weighted by Gasteiger charge is 2.23. The van der Waals surface area contributed by atoms with Gasteiger partial charge in [-0.3, -0.25) is 4.90 Å². The monoisotopic (exact) mass is 431 g/mol. The molecule has 0 atom stereocenters. The quantitative estimate of drug-likeness (QED) is 0.594. The molecule has 7 heteroatoms. The van der Waals surface area contributed by atoms with E-state index in [0.29, 0.717) is 11.9 Å². The summed E-state index contributed by atoms with van der Waals surface area (Å²) < 4.78 is 0. The van der Waals surface area contributed by atoms with Gasteiger partial charge >= 0.3 is 0 Å². The molecule has 1 fully saturated rings. The second kappa shape index (κ2) is 9.28. The third-order valence-corrected chi connectivity index (χ3v) is 6.56. The molecule has 2 aliphatic heterocycles. The Morgan fingerprint density at radius 3 is 2.62 bits per heavy atom. The first-order valence-corrected chi connectivity index (χ1v) is 11.9. The standard InChI is InChI=1S/C25H33N7/c1-18(2)21-14-26-25(30-24(21)32-13-10-22-23(16-32)28-17-27-22)29-20-8-6-19(7-9-20)15-31-11-4-3-5-12-31/h6-9,14,17-18H,3-5,10-13,15-16H2,1-2H3,(H,27,28)(H,26,29,30). The topological polar surface area (TPSA) is 73.0 Å². The molecule has 0 spiro atoms. The van der Waals surface area contributed by atoms with Crippen LogP contribution < -0.4 is 10.2 Å². The molecule has 4 heterocycles. The molecule has 0 bridgehead atoms. The number of rotatable bonds is 6. The van der Waals surface area contributed by atoms with E-state index in [2.05, 4.69) is 68.2 Å². The van der Waals surface area contributed by atoms with Gasteiger partial charge in [-0.1, -0.05) is 32.4 Å². The van der Waals surface area contributed by atoms with Crippen LogP contribution in [0.5, 0.6) is 0 Å². The van der Waals surface area contributed by atoms with Crippen molar-refractivity contribution >= 4 is 17.5 Å². The van der Waals surface area contributed by atoms with Gasteiger partial charge in [-0.05, 0) is 49.5 Å². The highest BCUT2D eigenvalue weighted by atomic mass is 15.2. The van der Waals surface area contributed by atoms with Gasteiger partial charge in [0, 0.05) is 37.0 Å². The SMILES string of the molecule is CC(C)c1cnc(Nc2ccc(CN3CCCCC3)cc2)nc1N1CCc2nc[nH]c2C1. The van der Waals surface area contributed by atoms with Crippen LogP contribution in [0.4, 0.5) is 17.5 Å². The van der Waals surface area contributed by atoms with Crippen molar-refractivity contribution in [2.75, 3.05) is 29.9 Å². The van der Waals surface area contributed by atoms with Gasteiger partial charge < -0.3 is 15.2 Å². The Bertz CT molecular complexity index is 1030. The largest absolute Gasteiger partial charge is 0.350 e. The lowest BCUT2D eigenvalue weighted by Gasteiger charge is -2.30. The number of piperidine rings is 1. The first-order valence-electron chi connectivity index (χ1n) is 11.9. The number of H-pyrrole nitrogens is 1. The van der Waals surface area contributed by atoms with E-state index >= 15 is 0 Å². The summed E-state index contributed by atoms with van der Waals surface area (Å²) in [6.45, 7) is 9.58. The molecule has 2 aromatic heterocycles. The number of hydrogen-bond acceptors (Lipinski definition) is 6. The predicted molar refractivity (Wildman–Crippen MR) is 128 cm³/mol. The van der Waals surface area contributed by atoms with Crippen LogP contribution in [0.15, 0.2) is 36.8 Å². The predicted octanol–water partition coefficient (Wildman–Crippen LogP) is 4.62. The molecule has 2 N–H and O–H groups in total. The Balaban J connectivity index is 1.31. The van der Waals surface area contributed by atoms with Crippen molar-refractivity contribution in [1.82, 2.24) is 24.8 Å². The third-order valence-electron chi connectivity index (χ3n) is 6.56. The van der Waals surface area contributed by atoms with Crippen molar-refractivity contribution in [3.8, 4) is 0 Å². The number of nitrogens with zero attached hydrogens (tertiary/aromatic N) is 5. The minimum absolute atomic E-state index is 0.358. The normalized spacial score (nSPS) is 16.9. The third kappa shape index (κ3) is 4.63. The average Bonchev–Trinajstić information content (AvgIpc) is 3.29. The highest BCUT2D eigenvalue weighted by molar-refractivity contribution is 5.58. The Hall–Kier alpha value is -2.93. The first-order chi connectivity index (χ1) is 15.7. The number of fused-ring (bicyclic) bond motifs is 1. The second-order valence-corrected chi connectivity index (χ2v) is 9.29. The van der Waals surface area contributed by atoms with E-state index in [1.54, 1.807) is 6.33 Å². The van der Waals surface area contributed by atoms with E-state index in [1.807, 2.05) is 6.20 Å². The molecule has 1 saturated heterocycles. The Labute approximate surface area is 190 Å². The summed E-state index contributed by atoms with van der Waals surface area (Å²) >= 11 is 0. The summed E-state index contributed by atoms with van der Waals surface area (Å²) in [6, 6.07) is 8.70. The maximum atomic E-state index is 4.95. The number of anilines is 3. The lowest BCUT2D eigenvalue weighted by molar-refractivity contribution is 0.221. The minimum atomic E-state index is 0.358. The van der Waals surface area contributed by atoms with E-state index in [-0.39, 0.29) is 0 Å².